The molecule has 0 spiro atoms. The molecule has 26 heavy (non-hydrogen) atoms. The molecule has 138 valence electrons. The number of aromatic amines is 1. The van der Waals surface area contributed by atoms with Gasteiger partial charge in [0.05, 0.1) is 0 Å². The molecule has 2 aromatic rings. The maximum Gasteiger partial charge on any atom is 0.229 e. The van der Waals surface area contributed by atoms with E-state index in [1.807, 2.05) is 24.3 Å². The van der Waals surface area contributed by atoms with Crippen LogP contribution in [0.3, 0.4) is 0 Å². The van der Waals surface area contributed by atoms with Crippen molar-refractivity contribution in [3.8, 4) is 0 Å². The lowest BCUT2D eigenvalue weighted by Crippen LogP contribution is -2.40. The number of likely N-dealkylation sites (tertiary alicyclic amines) is 1. The van der Waals surface area contributed by atoms with E-state index in [4.69, 9.17) is 11.6 Å². The minimum atomic E-state index is -0.110. The Morgan fingerprint density at radius 3 is 2.65 bits per heavy atom. The molecule has 0 atom stereocenters. The second-order valence-corrected chi connectivity index (χ2v) is 7.53. The summed E-state index contributed by atoms with van der Waals surface area (Å²) in [5, 5.41) is 10.9. The van der Waals surface area contributed by atoms with E-state index in [0.717, 1.165) is 5.56 Å². The van der Waals surface area contributed by atoms with Gasteiger partial charge in [0.2, 0.25) is 22.9 Å². The first-order valence-corrected chi connectivity index (χ1v) is 9.73. The molecule has 0 aliphatic carbocycles. The Hall–Kier alpha value is -2.06. The average molecular weight is 394 g/mol. The van der Waals surface area contributed by atoms with Gasteiger partial charge in [0.25, 0.3) is 0 Å². The summed E-state index contributed by atoms with van der Waals surface area (Å²) in [6.45, 7) is 2.79. The number of nitrogens with one attached hydrogen (secondary N) is 2. The van der Waals surface area contributed by atoms with Crippen molar-refractivity contribution in [3.05, 3.63) is 34.9 Å². The standard InChI is InChI=1S/C17H20ClN5O2S/c1-11(24)23-8-6-13(7-9-23)15(25)19-16-20-17(22-21-16)26-10-12-2-4-14(18)5-3-12/h2-5,13H,6-10H2,1H3,(H2,19,20,21,22,25). The summed E-state index contributed by atoms with van der Waals surface area (Å²) in [6, 6.07) is 7.60. The summed E-state index contributed by atoms with van der Waals surface area (Å²) in [7, 11) is 0. The minimum Gasteiger partial charge on any atom is -0.343 e. The average Bonchev–Trinajstić information content (AvgIpc) is 3.08. The molecule has 0 saturated carbocycles. The van der Waals surface area contributed by atoms with Gasteiger partial charge in [-0.2, -0.15) is 4.98 Å². The van der Waals surface area contributed by atoms with Gasteiger partial charge in [-0.3, -0.25) is 14.9 Å². The van der Waals surface area contributed by atoms with E-state index < -0.39 is 0 Å². The van der Waals surface area contributed by atoms with E-state index in [0.29, 0.717) is 47.8 Å². The summed E-state index contributed by atoms with van der Waals surface area (Å²) >= 11 is 7.35. The van der Waals surface area contributed by atoms with Crippen LogP contribution in [0.5, 0.6) is 0 Å². The van der Waals surface area contributed by atoms with Gasteiger partial charge in [-0.05, 0) is 30.5 Å². The largest absolute Gasteiger partial charge is 0.343 e. The normalized spacial score (nSPS) is 15.1. The van der Waals surface area contributed by atoms with E-state index in [1.165, 1.54) is 11.8 Å². The molecule has 1 fully saturated rings. The maximum absolute atomic E-state index is 12.3. The first-order valence-electron chi connectivity index (χ1n) is 8.37. The first kappa shape index (κ1) is 18.7. The van der Waals surface area contributed by atoms with Crippen LogP contribution >= 0.6 is 23.4 Å². The number of nitrogens with zero attached hydrogens (tertiary/aromatic N) is 3. The highest BCUT2D eigenvalue weighted by molar-refractivity contribution is 7.98. The van der Waals surface area contributed by atoms with Crippen LogP contribution in [0.15, 0.2) is 29.4 Å². The van der Waals surface area contributed by atoms with Gasteiger partial charge in [0.1, 0.15) is 0 Å². The number of aromatic nitrogens is 3. The maximum atomic E-state index is 12.3. The SMILES string of the molecule is CC(=O)N1CCC(C(=O)Nc2nc(SCc3ccc(Cl)cc3)n[nH]2)CC1. The Morgan fingerprint density at radius 1 is 1.31 bits per heavy atom. The summed E-state index contributed by atoms with van der Waals surface area (Å²) in [4.78, 5) is 29.7. The number of piperidine rings is 1. The topological polar surface area (TPSA) is 91.0 Å². The highest BCUT2D eigenvalue weighted by Gasteiger charge is 2.26. The smallest absolute Gasteiger partial charge is 0.229 e. The van der Waals surface area contributed by atoms with E-state index in [1.54, 1.807) is 11.8 Å². The number of anilines is 1. The number of amides is 2. The molecule has 0 bridgehead atoms. The molecule has 9 heteroatoms. The third-order valence-corrected chi connectivity index (χ3v) is 5.47. The zero-order valence-corrected chi connectivity index (χ0v) is 15.9. The van der Waals surface area contributed by atoms with Gasteiger partial charge in [-0.1, -0.05) is 35.5 Å². The molecule has 1 aliphatic heterocycles. The highest BCUT2D eigenvalue weighted by Crippen LogP contribution is 2.22. The van der Waals surface area contributed by atoms with Crippen LogP contribution in [0.1, 0.15) is 25.3 Å². The summed E-state index contributed by atoms with van der Waals surface area (Å²) < 4.78 is 0. The van der Waals surface area contributed by atoms with Gasteiger partial charge in [0.15, 0.2) is 0 Å². The Balaban J connectivity index is 1.48. The molecule has 2 N–H and O–H groups in total. The molecule has 0 radical (unpaired) electrons. The van der Waals surface area contributed by atoms with Crippen LogP contribution in [0.4, 0.5) is 5.95 Å². The zero-order chi connectivity index (χ0) is 18.5. The monoisotopic (exact) mass is 393 g/mol. The lowest BCUT2D eigenvalue weighted by Gasteiger charge is -2.30. The van der Waals surface area contributed by atoms with Crippen LogP contribution in [0.2, 0.25) is 5.02 Å². The number of hydrogen-bond donors (Lipinski definition) is 2. The molecule has 7 nitrogen and oxygen atoms in total. The Kier molecular flexibility index (Phi) is 6.16. The molecule has 1 aromatic heterocycles. The third kappa shape index (κ3) is 4.98. The van der Waals surface area contributed by atoms with Crippen molar-refractivity contribution >= 4 is 41.1 Å². The molecular weight excluding hydrogens is 374 g/mol. The fourth-order valence-electron chi connectivity index (χ4n) is 2.77. The van der Waals surface area contributed by atoms with Crippen LogP contribution < -0.4 is 5.32 Å². The van der Waals surface area contributed by atoms with Gasteiger partial charge in [-0.25, -0.2) is 5.10 Å². The molecule has 2 heterocycles. The predicted molar refractivity (Wildman–Crippen MR) is 101 cm³/mol. The number of benzene rings is 1. The fourth-order valence-corrected chi connectivity index (χ4v) is 3.65. The Bertz CT molecular complexity index is 772. The van der Waals surface area contributed by atoms with Crippen LogP contribution in [0.25, 0.3) is 0 Å². The molecule has 1 saturated heterocycles. The van der Waals surface area contributed by atoms with E-state index in [-0.39, 0.29) is 17.7 Å². The van der Waals surface area contributed by atoms with Crippen molar-refractivity contribution in [1.82, 2.24) is 20.1 Å². The van der Waals surface area contributed by atoms with Crippen LogP contribution in [0, 0.1) is 5.92 Å². The lowest BCUT2D eigenvalue weighted by molar-refractivity contribution is -0.132. The summed E-state index contributed by atoms with van der Waals surface area (Å²) in [5.74, 6) is 0.926. The van der Waals surface area contributed by atoms with Crippen molar-refractivity contribution in [3.63, 3.8) is 0 Å². The van der Waals surface area contributed by atoms with Gasteiger partial charge in [-0.15, -0.1) is 5.10 Å². The number of hydrogen-bond acceptors (Lipinski definition) is 5. The molecule has 3 rings (SSSR count). The highest BCUT2D eigenvalue weighted by atomic mass is 35.5. The molecule has 0 unspecified atom stereocenters. The van der Waals surface area contributed by atoms with Crippen molar-refractivity contribution < 1.29 is 9.59 Å². The number of thioether (sulfide) groups is 1. The number of carbonyl (C=O) groups excluding carboxylic acids is 2. The third-order valence-electron chi connectivity index (χ3n) is 4.30. The molecular formula is C17H20ClN5O2S. The molecule has 1 aromatic carbocycles. The van der Waals surface area contributed by atoms with Crippen molar-refractivity contribution in [2.24, 2.45) is 5.92 Å². The quantitative estimate of drug-likeness (QED) is 0.762. The number of halogens is 1. The van der Waals surface area contributed by atoms with Gasteiger partial charge in [0, 0.05) is 36.7 Å². The number of carbonyl (C=O) groups is 2. The Labute approximate surface area is 160 Å². The van der Waals surface area contributed by atoms with Crippen LogP contribution in [-0.2, 0) is 15.3 Å². The predicted octanol–water partition coefficient (Wildman–Crippen LogP) is 2.95. The second kappa shape index (κ2) is 8.55. The first-order chi connectivity index (χ1) is 12.5. The zero-order valence-electron chi connectivity index (χ0n) is 14.4. The minimum absolute atomic E-state index is 0.0569. The van der Waals surface area contributed by atoms with E-state index in [2.05, 4.69) is 20.5 Å². The summed E-state index contributed by atoms with van der Waals surface area (Å²) in [6.07, 6.45) is 1.33. The lowest BCUT2D eigenvalue weighted by atomic mass is 9.96. The van der Waals surface area contributed by atoms with Crippen LogP contribution in [-0.4, -0.2) is 45.0 Å². The van der Waals surface area contributed by atoms with Gasteiger partial charge < -0.3 is 4.90 Å². The van der Waals surface area contributed by atoms with Crippen molar-refractivity contribution in [2.75, 3.05) is 18.4 Å². The molecule has 2 amide bonds. The van der Waals surface area contributed by atoms with E-state index in [9.17, 15) is 9.59 Å². The summed E-state index contributed by atoms with van der Waals surface area (Å²) in [5.41, 5.74) is 1.12. The van der Waals surface area contributed by atoms with Gasteiger partial charge >= 0.3 is 0 Å². The number of H-pyrrole nitrogens is 1. The van der Waals surface area contributed by atoms with Crippen molar-refractivity contribution in [1.29, 1.82) is 0 Å². The fraction of sp³-hybridized carbons (Fsp3) is 0.412. The van der Waals surface area contributed by atoms with E-state index >= 15 is 0 Å². The Morgan fingerprint density at radius 2 is 2.00 bits per heavy atom. The molecule has 1 aliphatic rings. The van der Waals surface area contributed by atoms with Crippen molar-refractivity contribution in [2.45, 2.75) is 30.7 Å². The number of rotatable bonds is 5. The second-order valence-electron chi connectivity index (χ2n) is 6.15.